The van der Waals surface area contributed by atoms with E-state index in [-0.39, 0.29) is 0 Å². The van der Waals surface area contributed by atoms with E-state index in [2.05, 4.69) is 29.3 Å². The Balaban J connectivity index is 2.79. The average molecular weight is 158 g/mol. The largest absolute Gasteiger partial charge is 0.158 e. The fourth-order valence-corrected chi connectivity index (χ4v) is 1.35. The molecule has 0 atom stereocenters. The number of hydrogen-bond donors (Lipinski definition) is 0. The van der Waals surface area contributed by atoms with Crippen molar-refractivity contribution in [1.29, 1.82) is 0 Å². The second-order valence-corrected chi connectivity index (χ2v) is 2.73. The number of rotatable bonds is 1. The van der Waals surface area contributed by atoms with Crippen molar-refractivity contribution in [2.45, 2.75) is 13.3 Å². The smallest absolute Gasteiger partial charge is 0.0706 e. The molecule has 0 N–H and O–H groups in total. The van der Waals surface area contributed by atoms with Crippen LogP contribution in [0.2, 0.25) is 0 Å². The van der Waals surface area contributed by atoms with Gasteiger partial charge in [0.25, 0.3) is 0 Å². The topological polar surface area (TPSA) is 25.8 Å². The van der Waals surface area contributed by atoms with Gasteiger partial charge in [0.05, 0.1) is 11.9 Å². The van der Waals surface area contributed by atoms with Crippen molar-refractivity contribution in [2.75, 3.05) is 0 Å². The van der Waals surface area contributed by atoms with Crippen LogP contribution >= 0.6 is 0 Å². The lowest BCUT2D eigenvalue weighted by Gasteiger charge is -1.99. The van der Waals surface area contributed by atoms with Gasteiger partial charge >= 0.3 is 0 Å². The van der Waals surface area contributed by atoms with Crippen LogP contribution in [-0.2, 0) is 6.42 Å². The predicted molar refractivity (Wildman–Crippen MR) is 48.9 cm³/mol. The van der Waals surface area contributed by atoms with E-state index >= 15 is 0 Å². The highest BCUT2D eigenvalue weighted by Crippen LogP contribution is 2.14. The normalized spacial score (nSPS) is 10.4. The number of hydrogen-bond acceptors (Lipinski definition) is 2. The minimum absolute atomic E-state index is 0.939. The Morgan fingerprint density at radius 3 is 2.92 bits per heavy atom. The maximum absolute atomic E-state index is 4.08. The van der Waals surface area contributed by atoms with E-state index in [1.54, 1.807) is 6.20 Å². The minimum Gasteiger partial charge on any atom is -0.158 e. The lowest BCUT2D eigenvalue weighted by atomic mass is 10.1. The van der Waals surface area contributed by atoms with E-state index in [0.717, 1.165) is 12.1 Å². The van der Waals surface area contributed by atoms with E-state index in [1.165, 1.54) is 10.8 Å². The van der Waals surface area contributed by atoms with Crippen LogP contribution < -0.4 is 0 Å². The summed E-state index contributed by atoms with van der Waals surface area (Å²) in [6.45, 7) is 2.09. The van der Waals surface area contributed by atoms with Crippen molar-refractivity contribution in [2.24, 2.45) is 0 Å². The maximum Gasteiger partial charge on any atom is 0.0706 e. The summed E-state index contributed by atoms with van der Waals surface area (Å²) in [6, 6.07) is 8.19. The molecule has 12 heavy (non-hydrogen) atoms. The van der Waals surface area contributed by atoms with Crippen LogP contribution in [0.1, 0.15) is 12.6 Å². The summed E-state index contributed by atoms with van der Waals surface area (Å²) in [4.78, 5) is 0. The van der Waals surface area contributed by atoms with Gasteiger partial charge in [0.2, 0.25) is 0 Å². The Hall–Kier alpha value is -1.44. The molecule has 0 saturated carbocycles. The number of fused-ring (bicyclic) bond motifs is 1. The Morgan fingerprint density at radius 2 is 2.08 bits per heavy atom. The standard InChI is InChI=1S/C10H10N2/c1-2-10-9-6-4-3-5-8(9)7-11-12-10/h3-7H,2H2,1H3. The highest BCUT2D eigenvalue weighted by Gasteiger charge is 1.98. The van der Waals surface area contributed by atoms with E-state index in [4.69, 9.17) is 0 Å². The molecule has 0 saturated heterocycles. The van der Waals surface area contributed by atoms with Crippen LogP contribution in [0.25, 0.3) is 10.8 Å². The lowest BCUT2D eigenvalue weighted by molar-refractivity contribution is 0.940. The number of nitrogens with zero attached hydrogens (tertiary/aromatic N) is 2. The van der Waals surface area contributed by atoms with Gasteiger partial charge in [0, 0.05) is 10.8 Å². The molecule has 0 aliphatic heterocycles. The van der Waals surface area contributed by atoms with Gasteiger partial charge in [-0.05, 0) is 6.42 Å². The molecule has 2 nitrogen and oxygen atoms in total. The van der Waals surface area contributed by atoms with Crippen LogP contribution in [-0.4, -0.2) is 10.2 Å². The number of aryl methyl sites for hydroxylation is 1. The Morgan fingerprint density at radius 1 is 1.25 bits per heavy atom. The maximum atomic E-state index is 4.08. The monoisotopic (exact) mass is 158 g/mol. The zero-order valence-corrected chi connectivity index (χ0v) is 6.99. The first-order chi connectivity index (χ1) is 5.92. The summed E-state index contributed by atoms with van der Waals surface area (Å²) in [5.41, 5.74) is 1.08. The molecule has 0 aliphatic rings. The second-order valence-electron chi connectivity index (χ2n) is 2.73. The molecule has 0 fully saturated rings. The van der Waals surface area contributed by atoms with Crippen LogP contribution in [0.4, 0.5) is 0 Å². The molecule has 2 rings (SSSR count). The Labute approximate surface area is 71.3 Å². The molecule has 0 unspecified atom stereocenters. The summed E-state index contributed by atoms with van der Waals surface area (Å²) in [5, 5.41) is 10.4. The fourth-order valence-electron chi connectivity index (χ4n) is 1.35. The van der Waals surface area contributed by atoms with Crippen LogP contribution in [0.5, 0.6) is 0 Å². The minimum atomic E-state index is 0.939. The average Bonchev–Trinajstić information content (AvgIpc) is 2.17. The number of benzene rings is 1. The van der Waals surface area contributed by atoms with Crippen molar-refractivity contribution in [3.63, 3.8) is 0 Å². The van der Waals surface area contributed by atoms with Gasteiger partial charge in [-0.2, -0.15) is 10.2 Å². The summed E-state index contributed by atoms with van der Waals surface area (Å²) < 4.78 is 0. The first-order valence-electron chi connectivity index (χ1n) is 4.11. The SMILES string of the molecule is CCc1nncc2ccccc12. The third-order valence-electron chi connectivity index (χ3n) is 1.98. The third-order valence-corrected chi connectivity index (χ3v) is 1.98. The molecular weight excluding hydrogens is 148 g/mol. The molecule has 0 radical (unpaired) electrons. The summed E-state index contributed by atoms with van der Waals surface area (Å²) in [7, 11) is 0. The second kappa shape index (κ2) is 2.89. The van der Waals surface area contributed by atoms with E-state index in [0.29, 0.717) is 0 Å². The van der Waals surface area contributed by atoms with Gasteiger partial charge in [-0.15, -0.1) is 0 Å². The van der Waals surface area contributed by atoms with E-state index in [9.17, 15) is 0 Å². The zero-order valence-electron chi connectivity index (χ0n) is 6.99. The molecule has 2 aromatic rings. The summed E-state index contributed by atoms with van der Waals surface area (Å²) in [6.07, 6.45) is 2.74. The van der Waals surface area contributed by atoms with Crippen molar-refractivity contribution < 1.29 is 0 Å². The van der Waals surface area contributed by atoms with E-state index in [1.807, 2.05) is 12.1 Å². The van der Waals surface area contributed by atoms with Gasteiger partial charge < -0.3 is 0 Å². The first-order valence-corrected chi connectivity index (χ1v) is 4.11. The molecule has 1 aromatic carbocycles. The van der Waals surface area contributed by atoms with Crippen molar-refractivity contribution in [1.82, 2.24) is 10.2 Å². The van der Waals surface area contributed by atoms with Gasteiger partial charge in [0.15, 0.2) is 0 Å². The van der Waals surface area contributed by atoms with Crippen molar-refractivity contribution >= 4 is 10.8 Å². The zero-order chi connectivity index (χ0) is 8.39. The van der Waals surface area contributed by atoms with Gasteiger partial charge in [-0.1, -0.05) is 31.2 Å². The quantitative estimate of drug-likeness (QED) is 0.635. The van der Waals surface area contributed by atoms with Gasteiger partial charge in [-0.25, -0.2) is 0 Å². The molecule has 0 spiro atoms. The molecule has 2 heteroatoms. The highest BCUT2D eigenvalue weighted by atomic mass is 15.1. The van der Waals surface area contributed by atoms with Gasteiger partial charge in [-0.3, -0.25) is 0 Å². The fraction of sp³-hybridized carbons (Fsp3) is 0.200. The molecule has 0 bridgehead atoms. The lowest BCUT2D eigenvalue weighted by Crippen LogP contribution is -1.91. The molecule has 1 heterocycles. The van der Waals surface area contributed by atoms with Crippen molar-refractivity contribution in [3.05, 3.63) is 36.2 Å². The third kappa shape index (κ3) is 1.05. The summed E-state index contributed by atoms with van der Waals surface area (Å²) in [5.74, 6) is 0. The molecule has 60 valence electrons. The molecule has 0 amide bonds. The van der Waals surface area contributed by atoms with Crippen molar-refractivity contribution in [3.8, 4) is 0 Å². The van der Waals surface area contributed by atoms with Crippen LogP contribution in [0.3, 0.4) is 0 Å². The van der Waals surface area contributed by atoms with Crippen LogP contribution in [0.15, 0.2) is 30.5 Å². The number of aromatic nitrogens is 2. The van der Waals surface area contributed by atoms with E-state index < -0.39 is 0 Å². The highest BCUT2D eigenvalue weighted by molar-refractivity contribution is 5.83. The molecular formula is C10H10N2. The Bertz CT molecular complexity index is 390. The predicted octanol–water partition coefficient (Wildman–Crippen LogP) is 2.19. The first kappa shape index (κ1) is 7.22. The Kier molecular flexibility index (Phi) is 1.74. The summed E-state index contributed by atoms with van der Waals surface area (Å²) >= 11 is 0. The van der Waals surface area contributed by atoms with Crippen LogP contribution in [0, 0.1) is 0 Å². The molecule has 1 aromatic heterocycles. The van der Waals surface area contributed by atoms with Gasteiger partial charge in [0.1, 0.15) is 0 Å². The molecule has 0 aliphatic carbocycles.